The summed E-state index contributed by atoms with van der Waals surface area (Å²) in [6.45, 7) is 3.73. The second kappa shape index (κ2) is 8.42. The first-order valence-corrected chi connectivity index (χ1v) is 9.69. The number of aliphatic carboxylic acids is 1. The summed E-state index contributed by atoms with van der Waals surface area (Å²) in [6, 6.07) is 13.4. The average Bonchev–Trinajstić information content (AvgIpc) is 2.73. The summed E-state index contributed by atoms with van der Waals surface area (Å²) in [7, 11) is 1.76. The Morgan fingerprint density at radius 1 is 1.21 bits per heavy atom. The Bertz CT molecular complexity index is 823. The molecule has 3 rings (SSSR count). The van der Waals surface area contributed by atoms with Gasteiger partial charge in [0.2, 0.25) is 0 Å². The highest BCUT2D eigenvalue weighted by Gasteiger charge is 2.42. The number of aromatic nitrogens is 1. The summed E-state index contributed by atoms with van der Waals surface area (Å²) < 4.78 is 0. The van der Waals surface area contributed by atoms with Crippen molar-refractivity contribution in [2.24, 2.45) is 5.41 Å². The normalized spacial score (nSPS) is 19.3. The van der Waals surface area contributed by atoms with Crippen LogP contribution < -0.4 is 4.90 Å². The number of rotatable bonds is 6. The summed E-state index contributed by atoms with van der Waals surface area (Å²) in [4.78, 5) is 32.6. The average molecular weight is 381 g/mol. The third-order valence-electron chi connectivity index (χ3n) is 5.56. The number of piperidine rings is 1. The topological polar surface area (TPSA) is 73.7 Å². The molecule has 1 atom stereocenters. The van der Waals surface area contributed by atoms with Crippen LogP contribution in [-0.4, -0.2) is 53.5 Å². The lowest BCUT2D eigenvalue weighted by molar-refractivity contribution is -0.149. The molecule has 6 nitrogen and oxygen atoms in total. The molecular weight excluding hydrogens is 354 g/mol. The fourth-order valence-corrected chi connectivity index (χ4v) is 3.77. The molecule has 0 bridgehead atoms. The SMILES string of the molecule is CCN(C)C(=O)c1ccc(N2CCCC(Cc3ccccc3)(C(=O)O)C2)nc1. The molecule has 1 aliphatic heterocycles. The lowest BCUT2D eigenvalue weighted by Gasteiger charge is -2.40. The number of hydrogen-bond acceptors (Lipinski definition) is 4. The molecule has 1 saturated heterocycles. The number of hydrogen-bond donors (Lipinski definition) is 1. The molecule has 0 radical (unpaired) electrons. The minimum atomic E-state index is -0.835. The summed E-state index contributed by atoms with van der Waals surface area (Å²) in [6.07, 6.45) is 3.52. The van der Waals surface area contributed by atoms with E-state index in [1.165, 1.54) is 0 Å². The monoisotopic (exact) mass is 381 g/mol. The van der Waals surface area contributed by atoms with Gasteiger partial charge in [0.05, 0.1) is 11.0 Å². The van der Waals surface area contributed by atoms with Gasteiger partial charge in [-0.3, -0.25) is 9.59 Å². The van der Waals surface area contributed by atoms with Crippen LogP contribution in [0.25, 0.3) is 0 Å². The van der Waals surface area contributed by atoms with Crippen LogP contribution in [0.5, 0.6) is 0 Å². The molecule has 1 N–H and O–H groups in total. The van der Waals surface area contributed by atoms with E-state index in [4.69, 9.17) is 0 Å². The van der Waals surface area contributed by atoms with Gasteiger partial charge in [0.1, 0.15) is 5.82 Å². The molecule has 1 fully saturated rings. The molecule has 0 saturated carbocycles. The molecule has 1 aromatic heterocycles. The van der Waals surface area contributed by atoms with E-state index in [1.54, 1.807) is 24.2 Å². The van der Waals surface area contributed by atoms with Crippen LogP contribution in [0, 0.1) is 5.41 Å². The van der Waals surface area contributed by atoms with Crippen molar-refractivity contribution in [2.75, 3.05) is 31.6 Å². The molecule has 1 aliphatic rings. The molecule has 6 heteroatoms. The van der Waals surface area contributed by atoms with Crippen LogP contribution in [0.1, 0.15) is 35.7 Å². The maximum Gasteiger partial charge on any atom is 0.311 e. The first-order chi connectivity index (χ1) is 13.4. The van der Waals surface area contributed by atoms with Crippen LogP contribution in [0.3, 0.4) is 0 Å². The smallest absolute Gasteiger partial charge is 0.311 e. The van der Waals surface area contributed by atoms with E-state index in [1.807, 2.05) is 48.2 Å². The van der Waals surface area contributed by atoms with Crippen LogP contribution in [0.2, 0.25) is 0 Å². The molecule has 0 aliphatic carbocycles. The fraction of sp³-hybridized carbons (Fsp3) is 0.409. The van der Waals surface area contributed by atoms with Gasteiger partial charge < -0.3 is 14.9 Å². The third kappa shape index (κ3) is 4.16. The van der Waals surface area contributed by atoms with Gasteiger partial charge in [0.15, 0.2) is 0 Å². The Hall–Kier alpha value is -2.89. The number of pyridine rings is 1. The standard InChI is InChI=1S/C22H27N3O3/c1-3-24(2)20(26)18-10-11-19(23-15-18)25-13-7-12-22(16-25,21(27)28)14-17-8-5-4-6-9-17/h4-6,8-11,15H,3,7,12-14,16H2,1-2H3,(H,27,28). The Morgan fingerprint density at radius 3 is 2.57 bits per heavy atom. The number of carbonyl (C=O) groups is 2. The van der Waals surface area contributed by atoms with E-state index in [0.717, 1.165) is 18.5 Å². The van der Waals surface area contributed by atoms with Gasteiger partial charge in [0, 0.05) is 32.9 Å². The zero-order valence-electron chi connectivity index (χ0n) is 16.5. The Labute approximate surface area is 165 Å². The predicted molar refractivity (Wildman–Crippen MR) is 109 cm³/mol. The van der Waals surface area contributed by atoms with E-state index in [0.29, 0.717) is 37.3 Å². The van der Waals surface area contributed by atoms with Gasteiger partial charge in [-0.2, -0.15) is 0 Å². The zero-order chi connectivity index (χ0) is 20.1. The van der Waals surface area contributed by atoms with Crippen molar-refractivity contribution >= 4 is 17.7 Å². The number of carboxylic acid groups (broad SMARTS) is 1. The van der Waals surface area contributed by atoms with Crippen molar-refractivity contribution in [3.8, 4) is 0 Å². The first kappa shape index (κ1) is 19.9. The van der Waals surface area contributed by atoms with E-state index in [-0.39, 0.29) is 5.91 Å². The highest BCUT2D eigenvalue weighted by molar-refractivity contribution is 5.93. The maximum absolute atomic E-state index is 12.3. The fourth-order valence-electron chi connectivity index (χ4n) is 3.77. The molecule has 1 unspecified atom stereocenters. The minimum absolute atomic E-state index is 0.0656. The van der Waals surface area contributed by atoms with Gasteiger partial charge >= 0.3 is 5.97 Å². The van der Waals surface area contributed by atoms with Crippen molar-refractivity contribution in [1.82, 2.24) is 9.88 Å². The van der Waals surface area contributed by atoms with Crippen molar-refractivity contribution in [3.63, 3.8) is 0 Å². The highest BCUT2D eigenvalue weighted by atomic mass is 16.4. The lowest BCUT2D eigenvalue weighted by Crippen LogP contribution is -2.49. The number of amides is 1. The Kier molecular flexibility index (Phi) is 5.97. The maximum atomic E-state index is 12.3. The third-order valence-corrected chi connectivity index (χ3v) is 5.56. The largest absolute Gasteiger partial charge is 0.481 e. The van der Waals surface area contributed by atoms with Crippen LogP contribution in [0.4, 0.5) is 5.82 Å². The number of benzene rings is 1. The molecule has 2 aromatic rings. The van der Waals surface area contributed by atoms with Gasteiger partial charge in [-0.25, -0.2) is 4.98 Å². The second-order valence-corrected chi connectivity index (χ2v) is 7.50. The number of carbonyl (C=O) groups excluding carboxylic acids is 1. The zero-order valence-corrected chi connectivity index (χ0v) is 16.5. The van der Waals surface area contributed by atoms with Crippen molar-refractivity contribution < 1.29 is 14.7 Å². The van der Waals surface area contributed by atoms with Crippen molar-refractivity contribution in [1.29, 1.82) is 0 Å². The van der Waals surface area contributed by atoms with E-state index in [9.17, 15) is 14.7 Å². The first-order valence-electron chi connectivity index (χ1n) is 9.69. The van der Waals surface area contributed by atoms with Crippen LogP contribution in [0.15, 0.2) is 48.7 Å². The van der Waals surface area contributed by atoms with Gasteiger partial charge in [-0.05, 0) is 43.9 Å². The van der Waals surface area contributed by atoms with E-state index in [2.05, 4.69) is 4.98 Å². The molecule has 0 spiro atoms. The summed E-state index contributed by atoms with van der Waals surface area (Å²) in [5, 5.41) is 10.0. The quantitative estimate of drug-likeness (QED) is 0.832. The van der Waals surface area contributed by atoms with E-state index >= 15 is 0 Å². The molecule has 148 valence electrons. The van der Waals surface area contributed by atoms with Crippen molar-refractivity contribution in [2.45, 2.75) is 26.2 Å². The van der Waals surface area contributed by atoms with Gasteiger partial charge in [-0.1, -0.05) is 30.3 Å². The summed E-state index contributed by atoms with van der Waals surface area (Å²) >= 11 is 0. The molecule has 1 aromatic carbocycles. The summed E-state index contributed by atoms with van der Waals surface area (Å²) in [5.74, 6) is -0.115. The Morgan fingerprint density at radius 2 is 1.96 bits per heavy atom. The number of nitrogens with zero attached hydrogens (tertiary/aromatic N) is 3. The summed E-state index contributed by atoms with van der Waals surface area (Å²) in [5.41, 5.74) is 0.736. The van der Waals surface area contributed by atoms with Crippen molar-refractivity contribution in [3.05, 3.63) is 59.8 Å². The molecule has 2 heterocycles. The van der Waals surface area contributed by atoms with Gasteiger partial charge in [0.25, 0.3) is 5.91 Å². The lowest BCUT2D eigenvalue weighted by atomic mass is 9.75. The highest BCUT2D eigenvalue weighted by Crippen LogP contribution is 2.35. The van der Waals surface area contributed by atoms with Gasteiger partial charge in [-0.15, -0.1) is 0 Å². The van der Waals surface area contributed by atoms with Crippen LogP contribution >= 0.6 is 0 Å². The molecular formula is C22H27N3O3. The Balaban J connectivity index is 1.79. The molecule has 28 heavy (non-hydrogen) atoms. The van der Waals surface area contributed by atoms with E-state index < -0.39 is 11.4 Å². The predicted octanol–water partition coefficient (Wildman–Crippen LogP) is 3.09. The molecule has 1 amide bonds. The number of carboxylic acids is 1. The van der Waals surface area contributed by atoms with Crippen LogP contribution in [-0.2, 0) is 11.2 Å². The number of anilines is 1. The minimum Gasteiger partial charge on any atom is -0.481 e. The second-order valence-electron chi connectivity index (χ2n) is 7.50.